The Hall–Kier alpha value is -2.16. The predicted octanol–water partition coefficient (Wildman–Crippen LogP) is 2.31. The lowest BCUT2D eigenvalue weighted by Crippen LogP contribution is -2.19. The van der Waals surface area contributed by atoms with Gasteiger partial charge in [0.1, 0.15) is 11.5 Å². The van der Waals surface area contributed by atoms with E-state index in [9.17, 15) is 13.2 Å². The van der Waals surface area contributed by atoms with E-state index < -0.39 is 11.9 Å². The fourth-order valence-electron chi connectivity index (χ4n) is 1.73. The standard InChI is InChI=1S/C13H15F3N4O2/c1-20(8-12-18-10(19-22-12)6-7-21-2)11-5-3-4-9(17-11)13(14,15)16/h3-5H,6-8H2,1-2H3. The molecule has 0 saturated heterocycles. The Bertz CT molecular complexity index is 615. The summed E-state index contributed by atoms with van der Waals surface area (Å²) < 4.78 is 47.9. The lowest BCUT2D eigenvalue weighted by atomic mass is 10.3. The predicted molar refractivity (Wildman–Crippen MR) is 71.2 cm³/mol. The van der Waals surface area contributed by atoms with Gasteiger partial charge in [-0.1, -0.05) is 11.2 Å². The largest absolute Gasteiger partial charge is 0.433 e. The molecule has 0 unspecified atom stereocenters. The van der Waals surface area contributed by atoms with Gasteiger partial charge in [0.25, 0.3) is 0 Å². The molecule has 0 radical (unpaired) electrons. The van der Waals surface area contributed by atoms with Crippen LogP contribution in [-0.4, -0.2) is 35.9 Å². The first-order valence-corrected chi connectivity index (χ1v) is 6.46. The van der Waals surface area contributed by atoms with E-state index in [4.69, 9.17) is 9.26 Å². The Kier molecular flexibility index (Phi) is 4.96. The van der Waals surface area contributed by atoms with Crippen molar-refractivity contribution in [2.75, 3.05) is 25.7 Å². The van der Waals surface area contributed by atoms with Crippen molar-refractivity contribution < 1.29 is 22.4 Å². The highest BCUT2D eigenvalue weighted by Crippen LogP contribution is 2.28. The molecule has 9 heteroatoms. The second-order valence-corrected chi connectivity index (χ2v) is 4.58. The van der Waals surface area contributed by atoms with Gasteiger partial charge in [-0.05, 0) is 12.1 Å². The maximum absolute atomic E-state index is 12.6. The summed E-state index contributed by atoms with van der Waals surface area (Å²) in [7, 11) is 3.16. The fraction of sp³-hybridized carbons (Fsp3) is 0.462. The van der Waals surface area contributed by atoms with E-state index in [1.54, 1.807) is 14.2 Å². The third-order valence-electron chi connectivity index (χ3n) is 2.83. The molecule has 2 heterocycles. The van der Waals surface area contributed by atoms with Gasteiger partial charge >= 0.3 is 6.18 Å². The van der Waals surface area contributed by atoms with Crippen molar-refractivity contribution in [1.29, 1.82) is 0 Å². The average Bonchev–Trinajstić information content (AvgIpc) is 2.92. The molecule has 0 spiro atoms. The van der Waals surface area contributed by atoms with Crippen molar-refractivity contribution in [3.8, 4) is 0 Å². The number of rotatable bonds is 6. The van der Waals surface area contributed by atoms with Crippen molar-refractivity contribution >= 4 is 5.82 Å². The number of hydrogen-bond acceptors (Lipinski definition) is 6. The topological polar surface area (TPSA) is 64.3 Å². The maximum atomic E-state index is 12.6. The molecule has 0 fully saturated rings. The van der Waals surface area contributed by atoms with Crippen LogP contribution in [-0.2, 0) is 23.9 Å². The zero-order valence-corrected chi connectivity index (χ0v) is 12.1. The van der Waals surface area contributed by atoms with Crippen molar-refractivity contribution in [2.45, 2.75) is 19.1 Å². The van der Waals surface area contributed by atoms with E-state index in [-0.39, 0.29) is 12.4 Å². The first-order valence-electron chi connectivity index (χ1n) is 6.46. The number of pyridine rings is 1. The molecule has 22 heavy (non-hydrogen) atoms. The van der Waals surface area contributed by atoms with Crippen molar-refractivity contribution in [3.63, 3.8) is 0 Å². The van der Waals surface area contributed by atoms with E-state index in [1.165, 1.54) is 17.0 Å². The molecule has 2 rings (SSSR count). The summed E-state index contributed by atoms with van der Waals surface area (Å²) in [5.74, 6) is 0.960. The number of alkyl halides is 3. The maximum Gasteiger partial charge on any atom is 0.433 e. The number of anilines is 1. The van der Waals surface area contributed by atoms with Crippen LogP contribution in [0.15, 0.2) is 22.7 Å². The van der Waals surface area contributed by atoms with Gasteiger partial charge in [-0.3, -0.25) is 0 Å². The van der Waals surface area contributed by atoms with Gasteiger partial charge in [-0.15, -0.1) is 0 Å². The van der Waals surface area contributed by atoms with Crippen molar-refractivity contribution in [2.24, 2.45) is 0 Å². The van der Waals surface area contributed by atoms with Crippen LogP contribution in [0, 0.1) is 0 Å². The Labute approximate surface area is 124 Å². The normalized spacial score (nSPS) is 11.7. The fourth-order valence-corrected chi connectivity index (χ4v) is 1.73. The summed E-state index contributed by atoms with van der Waals surface area (Å²) in [6, 6.07) is 3.71. The molecule has 0 aromatic carbocycles. The first-order chi connectivity index (χ1) is 10.4. The molecule has 0 saturated carbocycles. The number of nitrogens with zero attached hydrogens (tertiary/aromatic N) is 4. The van der Waals surface area contributed by atoms with Gasteiger partial charge in [0.05, 0.1) is 13.2 Å². The molecule has 0 aliphatic rings. The van der Waals surface area contributed by atoms with E-state index in [0.717, 1.165) is 6.07 Å². The molecule has 0 atom stereocenters. The van der Waals surface area contributed by atoms with Gasteiger partial charge in [-0.2, -0.15) is 18.2 Å². The summed E-state index contributed by atoms with van der Waals surface area (Å²) >= 11 is 0. The van der Waals surface area contributed by atoms with Crippen molar-refractivity contribution in [3.05, 3.63) is 35.6 Å². The minimum atomic E-state index is -4.48. The smallest absolute Gasteiger partial charge is 0.384 e. The molecule has 0 aliphatic heterocycles. The molecule has 0 aliphatic carbocycles. The van der Waals surface area contributed by atoms with Gasteiger partial charge in [-0.25, -0.2) is 4.98 Å². The van der Waals surface area contributed by atoms with Crippen LogP contribution < -0.4 is 4.90 Å². The molecule has 2 aromatic heterocycles. The highest BCUT2D eigenvalue weighted by Gasteiger charge is 2.32. The summed E-state index contributed by atoms with van der Waals surface area (Å²) in [6.45, 7) is 0.623. The summed E-state index contributed by atoms with van der Waals surface area (Å²) in [5, 5.41) is 3.76. The minimum absolute atomic E-state index is 0.161. The number of hydrogen-bond donors (Lipinski definition) is 0. The number of aromatic nitrogens is 3. The van der Waals surface area contributed by atoms with Crippen molar-refractivity contribution in [1.82, 2.24) is 15.1 Å². The Morgan fingerprint density at radius 2 is 2.05 bits per heavy atom. The third kappa shape index (κ3) is 4.17. The quantitative estimate of drug-likeness (QED) is 0.815. The monoisotopic (exact) mass is 316 g/mol. The van der Waals surface area contributed by atoms with E-state index >= 15 is 0 Å². The van der Waals surface area contributed by atoms with Crippen LogP contribution in [0.3, 0.4) is 0 Å². The second kappa shape index (κ2) is 6.73. The molecular weight excluding hydrogens is 301 g/mol. The van der Waals surface area contributed by atoms with Gasteiger partial charge < -0.3 is 14.2 Å². The average molecular weight is 316 g/mol. The van der Waals surface area contributed by atoms with E-state index in [2.05, 4.69) is 15.1 Å². The van der Waals surface area contributed by atoms with Crippen LogP contribution >= 0.6 is 0 Å². The minimum Gasteiger partial charge on any atom is -0.384 e. The Morgan fingerprint density at radius 3 is 2.73 bits per heavy atom. The summed E-state index contributed by atoms with van der Waals surface area (Å²) in [5.41, 5.74) is -0.942. The highest BCUT2D eigenvalue weighted by atomic mass is 19.4. The van der Waals surface area contributed by atoms with Gasteiger partial charge in [0.15, 0.2) is 5.82 Å². The zero-order chi connectivity index (χ0) is 16.2. The van der Waals surface area contributed by atoms with Crippen LogP contribution in [0.25, 0.3) is 0 Å². The SMILES string of the molecule is COCCc1noc(CN(C)c2cccc(C(F)(F)F)n2)n1. The van der Waals surface area contributed by atoms with E-state index in [1.807, 2.05) is 0 Å². The van der Waals surface area contributed by atoms with Crippen LogP contribution in [0.1, 0.15) is 17.4 Å². The number of halogens is 3. The second-order valence-electron chi connectivity index (χ2n) is 4.58. The summed E-state index contributed by atoms with van der Waals surface area (Å²) in [6.07, 6.45) is -3.97. The molecule has 0 N–H and O–H groups in total. The number of methoxy groups -OCH3 is 1. The van der Waals surface area contributed by atoms with Gasteiger partial charge in [0, 0.05) is 20.6 Å². The third-order valence-corrected chi connectivity index (χ3v) is 2.83. The van der Waals surface area contributed by atoms with Crippen LogP contribution in [0.4, 0.5) is 19.0 Å². The van der Waals surface area contributed by atoms with Crippen LogP contribution in [0.5, 0.6) is 0 Å². The molecule has 120 valence electrons. The highest BCUT2D eigenvalue weighted by molar-refractivity contribution is 5.38. The lowest BCUT2D eigenvalue weighted by molar-refractivity contribution is -0.141. The number of ether oxygens (including phenoxy) is 1. The lowest BCUT2D eigenvalue weighted by Gasteiger charge is -2.17. The van der Waals surface area contributed by atoms with Crippen LogP contribution in [0.2, 0.25) is 0 Å². The zero-order valence-electron chi connectivity index (χ0n) is 12.1. The molecule has 0 bridgehead atoms. The molecule has 6 nitrogen and oxygen atoms in total. The van der Waals surface area contributed by atoms with E-state index in [0.29, 0.717) is 24.7 Å². The molecule has 0 amide bonds. The van der Waals surface area contributed by atoms with Gasteiger partial charge in [0.2, 0.25) is 5.89 Å². The Morgan fingerprint density at radius 1 is 1.27 bits per heavy atom. The molecular formula is C13H15F3N4O2. The Balaban J connectivity index is 2.05. The first kappa shape index (κ1) is 16.2. The molecule has 2 aromatic rings. The summed E-state index contributed by atoms with van der Waals surface area (Å²) in [4.78, 5) is 9.23.